The van der Waals surface area contributed by atoms with Crippen LogP contribution in [0.5, 0.6) is 0 Å². The van der Waals surface area contributed by atoms with Crippen LogP contribution in [0.4, 0.5) is 0 Å². The van der Waals surface area contributed by atoms with Crippen molar-refractivity contribution in [1.82, 2.24) is 15.2 Å². The smallest absolute Gasteiger partial charge is 0.0594 e. The number of morpholine rings is 1. The van der Waals surface area contributed by atoms with Crippen LogP contribution in [-0.4, -0.2) is 49.3 Å². The molecule has 2 heterocycles. The first-order valence-electron chi connectivity index (χ1n) is 5.85. The van der Waals surface area contributed by atoms with Gasteiger partial charge >= 0.3 is 0 Å². The summed E-state index contributed by atoms with van der Waals surface area (Å²) in [6.07, 6.45) is 3.66. The van der Waals surface area contributed by atoms with Crippen LogP contribution in [0.2, 0.25) is 0 Å². The second kappa shape index (κ2) is 12.9. The normalized spacial score (nSPS) is 14.7. The summed E-state index contributed by atoms with van der Waals surface area (Å²) in [5.74, 6) is 0. The number of nitrogens with one attached hydrogen (secondary N) is 1. The number of hydrogen-bond acceptors (Lipinski definition) is 4. The first kappa shape index (κ1) is 21.2. The highest BCUT2D eigenvalue weighted by Gasteiger charge is 2.08. The Morgan fingerprint density at radius 3 is 2.37 bits per heavy atom. The third-order valence-corrected chi connectivity index (χ3v) is 2.79. The molecule has 112 valence electrons. The van der Waals surface area contributed by atoms with Gasteiger partial charge in [0, 0.05) is 45.1 Å². The topological polar surface area (TPSA) is 37.4 Å². The molecule has 1 aliphatic heterocycles. The number of aromatic nitrogens is 1. The highest BCUT2D eigenvalue weighted by atomic mass is 35.5. The van der Waals surface area contributed by atoms with Gasteiger partial charge in [0.1, 0.15) is 0 Å². The van der Waals surface area contributed by atoms with E-state index in [2.05, 4.69) is 15.2 Å². The molecule has 0 saturated carbocycles. The molecule has 1 N–H and O–H groups in total. The number of rotatable bonds is 5. The zero-order valence-electron chi connectivity index (χ0n) is 10.8. The number of ether oxygens (including phenoxy) is 1. The van der Waals surface area contributed by atoms with Gasteiger partial charge in [0.25, 0.3) is 0 Å². The zero-order chi connectivity index (χ0) is 11.1. The van der Waals surface area contributed by atoms with Crippen LogP contribution >= 0.6 is 37.2 Å². The molecule has 0 spiro atoms. The second-order valence-corrected chi connectivity index (χ2v) is 3.99. The quantitative estimate of drug-likeness (QED) is 0.835. The summed E-state index contributed by atoms with van der Waals surface area (Å²) in [6.45, 7) is 6.95. The van der Waals surface area contributed by atoms with E-state index in [-0.39, 0.29) is 37.2 Å². The summed E-state index contributed by atoms with van der Waals surface area (Å²) in [5.41, 5.74) is 1.29. The fraction of sp³-hybridized carbons (Fsp3) is 0.583. The van der Waals surface area contributed by atoms with Gasteiger partial charge in [-0.25, -0.2) is 0 Å². The molecule has 4 nitrogen and oxygen atoms in total. The van der Waals surface area contributed by atoms with Crippen molar-refractivity contribution in [2.45, 2.75) is 6.54 Å². The summed E-state index contributed by atoms with van der Waals surface area (Å²) >= 11 is 0. The molecule has 1 saturated heterocycles. The molecule has 1 fully saturated rings. The van der Waals surface area contributed by atoms with E-state index < -0.39 is 0 Å². The molecule has 1 aliphatic rings. The Morgan fingerprint density at radius 2 is 1.74 bits per heavy atom. The van der Waals surface area contributed by atoms with E-state index in [0.29, 0.717) is 0 Å². The maximum Gasteiger partial charge on any atom is 0.0594 e. The van der Waals surface area contributed by atoms with Crippen LogP contribution in [0.25, 0.3) is 0 Å². The molecule has 0 amide bonds. The van der Waals surface area contributed by atoms with Crippen LogP contribution in [-0.2, 0) is 11.3 Å². The molecule has 0 radical (unpaired) electrons. The molecule has 1 aromatic rings. The molecule has 0 aromatic carbocycles. The van der Waals surface area contributed by atoms with Gasteiger partial charge in [0.2, 0.25) is 0 Å². The van der Waals surface area contributed by atoms with E-state index >= 15 is 0 Å². The molecule has 1 aromatic heterocycles. The minimum absolute atomic E-state index is 0. The van der Waals surface area contributed by atoms with Crippen molar-refractivity contribution in [3.8, 4) is 0 Å². The molecule has 0 atom stereocenters. The Hall–Kier alpha value is -0.100. The van der Waals surface area contributed by atoms with E-state index in [1.165, 1.54) is 5.56 Å². The van der Waals surface area contributed by atoms with Crippen molar-refractivity contribution in [2.24, 2.45) is 0 Å². The average Bonchev–Trinajstić information content (AvgIpc) is 2.37. The van der Waals surface area contributed by atoms with Gasteiger partial charge in [0.15, 0.2) is 0 Å². The largest absolute Gasteiger partial charge is 0.379 e. The van der Waals surface area contributed by atoms with Gasteiger partial charge in [-0.05, 0) is 17.7 Å². The van der Waals surface area contributed by atoms with Crippen LogP contribution in [0.1, 0.15) is 5.56 Å². The van der Waals surface area contributed by atoms with Gasteiger partial charge in [0.05, 0.1) is 13.2 Å². The van der Waals surface area contributed by atoms with Gasteiger partial charge in [-0.3, -0.25) is 9.88 Å². The van der Waals surface area contributed by atoms with Crippen molar-refractivity contribution in [1.29, 1.82) is 0 Å². The summed E-state index contributed by atoms with van der Waals surface area (Å²) < 4.78 is 5.31. The van der Waals surface area contributed by atoms with Crippen molar-refractivity contribution in [3.05, 3.63) is 30.1 Å². The van der Waals surface area contributed by atoms with Crippen LogP contribution < -0.4 is 5.32 Å². The Bertz CT molecular complexity index is 298. The standard InChI is InChI=1S/C12H19N3O.3ClH/c1-3-13-4-2-12(1)11-14-5-6-15-7-9-16-10-8-15;;;/h1-4,14H,5-11H2;3*1H. The Labute approximate surface area is 133 Å². The SMILES string of the molecule is Cl.Cl.Cl.c1cc(CNCCN2CCOCC2)ccn1. The van der Waals surface area contributed by atoms with Gasteiger partial charge < -0.3 is 10.1 Å². The molecule has 19 heavy (non-hydrogen) atoms. The highest BCUT2D eigenvalue weighted by Crippen LogP contribution is 1.96. The Morgan fingerprint density at radius 1 is 1.11 bits per heavy atom. The summed E-state index contributed by atoms with van der Waals surface area (Å²) in [6, 6.07) is 4.09. The number of hydrogen-bond donors (Lipinski definition) is 1. The third kappa shape index (κ3) is 8.63. The van der Waals surface area contributed by atoms with Crippen molar-refractivity contribution in [3.63, 3.8) is 0 Å². The maximum absolute atomic E-state index is 5.31. The number of nitrogens with zero attached hydrogens (tertiary/aromatic N) is 2. The molecule has 7 heteroatoms. The van der Waals surface area contributed by atoms with Crippen LogP contribution in [0.3, 0.4) is 0 Å². The van der Waals surface area contributed by atoms with Crippen molar-refractivity contribution >= 4 is 37.2 Å². The Kier molecular flexibility index (Phi) is 14.4. The third-order valence-electron chi connectivity index (χ3n) is 2.79. The average molecular weight is 331 g/mol. The predicted octanol–water partition coefficient (Wildman–Crippen LogP) is 1.77. The summed E-state index contributed by atoms with van der Waals surface area (Å²) in [7, 11) is 0. The second-order valence-electron chi connectivity index (χ2n) is 3.99. The minimum Gasteiger partial charge on any atom is -0.379 e. The van der Waals surface area contributed by atoms with E-state index in [1.54, 1.807) is 0 Å². The molecule has 0 unspecified atom stereocenters. The van der Waals surface area contributed by atoms with E-state index in [1.807, 2.05) is 24.5 Å². The summed E-state index contributed by atoms with van der Waals surface area (Å²) in [4.78, 5) is 6.43. The monoisotopic (exact) mass is 329 g/mol. The van der Waals surface area contributed by atoms with Crippen molar-refractivity contribution in [2.75, 3.05) is 39.4 Å². The number of pyridine rings is 1. The lowest BCUT2D eigenvalue weighted by atomic mass is 10.3. The van der Waals surface area contributed by atoms with E-state index in [4.69, 9.17) is 4.74 Å². The first-order valence-corrected chi connectivity index (χ1v) is 5.85. The summed E-state index contributed by atoms with van der Waals surface area (Å²) in [5, 5.41) is 3.44. The fourth-order valence-electron chi connectivity index (χ4n) is 1.80. The van der Waals surface area contributed by atoms with Gasteiger partial charge in [-0.1, -0.05) is 0 Å². The maximum atomic E-state index is 5.31. The molecule has 0 bridgehead atoms. The van der Waals surface area contributed by atoms with Crippen LogP contribution in [0.15, 0.2) is 24.5 Å². The lowest BCUT2D eigenvalue weighted by Crippen LogP contribution is -2.40. The zero-order valence-corrected chi connectivity index (χ0v) is 13.2. The molecular formula is C12H22Cl3N3O. The van der Waals surface area contributed by atoms with Crippen LogP contribution in [0, 0.1) is 0 Å². The van der Waals surface area contributed by atoms with Gasteiger partial charge in [-0.2, -0.15) is 0 Å². The van der Waals surface area contributed by atoms with E-state index in [9.17, 15) is 0 Å². The van der Waals surface area contributed by atoms with Gasteiger partial charge in [-0.15, -0.1) is 37.2 Å². The lowest BCUT2D eigenvalue weighted by molar-refractivity contribution is 0.0384. The van der Waals surface area contributed by atoms with E-state index in [0.717, 1.165) is 45.9 Å². The molecular weight excluding hydrogens is 309 g/mol. The fourth-order valence-corrected chi connectivity index (χ4v) is 1.80. The predicted molar refractivity (Wildman–Crippen MR) is 84.9 cm³/mol. The number of halogens is 3. The molecule has 0 aliphatic carbocycles. The minimum atomic E-state index is 0. The highest BCUT2D eigenvalue weighted by molar-refractivity contribution is 5.86. The first-order chi connectivity index (χ1) is 7.95. The molecule has 2 rings (SSSR count). The van der Waals surface area contributed by atoms with Crippen molar-refractivity contribution < 1.29 is 4.74 Å². The Balaban J connectivity index is 0. The lowest BCUT2D eigenvalue weighted by Gasteiger charge is -2.26.